The molecule has 0 aliphatic carbocycles. The minimum absolute atomic E-state index is 0.202. The molecule has 0 saturated carbocycles. The Morgan fingerprint density at radius 3 is 2.23 bits per heavy atom. The molecular weight excluding hydrogens is 407 g/mol. The number of aliphatic hydroxyl groups excluding tert-OH is 4. The maximum atomic E-state index is 12.7. The van der Waals surface area contributed by atoms with E-state index < -0.39 is 49.1 Å². The summed E-state index contributed by atoms with van der Waals surface area (Å²) in [6.07, 6.45) is -11.5. The molecule has 0 amide bonds. The Morgan fingerprint density at radius 1 is 0.933 bits per heavy atom. The molecule has 30 heavy (non-hydrogen) atoms. The highest BCUT2D eigenvalue weighted by atomic mass is 19.4. The van der Waals surface area contributed by atoms with Crippen LogP contribution in [0.25, 0.3) is 0 Å². The number of halogens is 3. The molecule has 0 spiro atoms. The van der Waals surface area contributed by atoms with Crippen molar-refractivity contribution in [2.45, 2.75) is 43.4 Å². The maximum absolute atomic E-state index is 12.7. The van der Waals surface area contributed by atoms with Crippen molar-refractivity contribution >= 4 is 5.69 Å². The SMILES string of the molecule is OC[C@H]1O[C@@H](Oc2ccccc2NCc2ccc(C(F)(F)F)cc2)[C@H](O)[C@@H](O)[C@@H]1O. The molecular formula is C20H22F3NO6. The zero-order chi connectivity index (χ0) is 21.9. The van der Waals surface area contributed by atoms with Crippen molar-refractivity contribution in [3.8, 4) is 5.75 Å². The third kappa shape index (κ3) is 5.02. The first-order chi connectivity index (χ1) is 14.2. The summed E-state index contributed by atoms with van der Waals surface area (Å²) in [5.41, 5.74) is 0.331. The molecule has 1 fully saturated rings. The molecule has 1 aliphatic heterocycles. The van der Waals surface area contributed by atoms with Crippen molar-refractivity contribution in [1.29, 1.82) is 0 Å². The van der Waals surface area contributed by atoms with Gasteiger partial charge in [-0.15, -0.1) is 0 Å². The van der Waals surface area contributed by atoms with Crippen molar-refractivity contribution in [2.24, 2.45) is 0 Å². The highest BCUT2D eigenvalue weighted by Crippen LogP contribution is 2.31. The van der Waals surface area contributed by atoms with Gasteiger partial charge in [-0.2, -0.15) is 13.2 Å². The molecule has 5 atom stereocenters. The van der Waals surface area contributed by atoms with Crippen molar-refractivity contribution in [2.75, 3.05) is 11.9 Å². The normalized spacial score (nSPS) is 27.0. The van der Waals surface area contributed by atoms with E-state index in [1.165, 1.54) is 12.1 Å². The Labute approximate surface area is 170 Å². The first kappa shape index (κ1) is 22.3. The van der Waals surface area contributed by atoms with E-state index in [2.05, 4.69) is 5.32 Å². The van der Waals surface area contributed by atoms with Crippen molar-refractivity contribution in [1.82, 2.24) is 0 Å². The van der Waals surface area contributed by atoms with Crippen LogP contribution in [0.1, 0.15) is 11.1 Å². The number of para-hydroxylation sites is 2. The second-order valence-electron chi connectivity index (χ2n) is 6.86. The van der Waals surface area contributed by atoms with Gasteiger partial charge in [-0.3, -0.25) is 0 Å². The van der Waals surface area contributed by atoms with Crippen molar-refractivity contribution in [3.63, 3.8) is 0 Å². The van der Waals surface area contributed by atoms with Crippen LogP contribution in [-0.4, -0.2) is 57.7 Å². The highest BCUT2D eigenvalue weighted by Gasteiger charge is 2.44. The Kier molecular flexibility index (Phi) is 6.84. The molecule has 0 aromatic heterocycles. The number of ether oxygens (including phenoxy) is 2. The van der Waals surface area contributed by atoms with Gasteiger partial charge >= 0.3 is 6.18 Å². The number of anilines is 1. The average molecular weight is 429 g/mol. The lowest BCUT2D eigenvalue weighted by atomic mass is 9.99. The van der Waals surface area contributed by atoms with Gasteiger partial charge in [0.15, 0.2) is 0 Å². The van der Waals surface area contributed by atoms with E-state index in [1.807, 2.05) is 0 Å². The number of hydrogen-bond donors (Lipinski definition) is 5. The molecule has 0 radical (unpaired) electrons. The Bertz CT molecular complexity index is 830. The van der Waals surface area contributed by atoms with E-state index >= 15 is 0 Å². The van der Waals surface area contributed by atoms with Crippen LogP contribution in [0.15, 0.2) is 48.5 Å². The molecule has 1 saturated heterocycles. The van der Waals surface area contributed by atoms with Gasteiger partial charge in [0.25, 0.3) is 0 Å². The molecule has 10 heteroatoms. The topological polar surface area (TPSA) is 111 Å². The van der Waals surface area contributed by atoms with Gasteiger partial charge in [-0.05, 0) is 29.8 Å². The number of rotatable bonds is 6. The fraction of sp³-hybridized carbons (Fsp3) is 0.400. The summed E-state index contributed by atoms with van der Waals surface area (Å²) in [7, 11) is 0. The molecule has 3 rings (SSSR count). The van der Waals surface area contributed by atoms with E-state index in [0.29, 0.717) is 11.3 Å². The van der Waals surface area contributed by atoms with Gasteiger partial charge in [-0.1, -0.05) is 24.3 Å². The Balaban J connectivity index is 1.69. The zero-order valence-corrected chi connectivity index (χ0v) is 15.7. The van der Waals surface area contributed by atoms with E-state index in [-0.39, 0.29) is 12.3 Å². The van der Waals surface area contributed by atoms with Gasteiger partial charge < -0.3 is 35.2 Å². The van der Waals surface area contributed by atoms with Crippen molar-refractivity contribution in [3.05, 3.63) is 59.7 Å². The average Bonchev–Trinajstić information content (AvgIpc) is 2.73. The second kappa shape index (κ2) is 9.19. The molecule has 1 heterocycles. The lowest BCUT2D eigenvalue weighted by molar-refractivity contribution is -0.277. The van der Waals surface area contributed by atoms with Gasteiger partial charge in [-0.25, -0.2) is 0 Å². The summed E-state index contributed by atoms with van der Waals surface area (Å²) in [6.45, 7) is -0.383. The maximum Gasteiger partial charge on any atom is 0.416 e. The Morgan fingerprint density at radius 2 is 1.60 bits per heavy atom. The predicted octanol–water partition coefficient (Wildman–Crippen LogP) is 1.50. The Hall–Kier alpha value is -2.37. The van der Waals surface area contributed by atoms with Gasteiger partial charge in [0.2, 0.25) is 6.29 Å². The van der Waals surface area contributed by atoms with Crippen molar-refractivity contribution < 1.29 is 43.1 Å². The molecule has 2 aromatic rings. The number of aliphatic hydroxyl groups is 4. The minimum atomic E-state index is -4.40. The second-order valence-corrected chi connectivity index (χ2v) is 6.86. The highest BCUT2D eigenvalue weighted by molar-refractivity contribution is 5.56. The number of alkyl halides is 3. The van der Waals surface area contributed by atoms with E-state index in [4.69, 9.17) is 9.47 Å². The fourth-order valence-electron chi connectivity index (χ4n) is 3.01. The summed E-state index contributed by atoms with van der Waals surface area (Å²) in [5, 5.41) is 42.1. The quantitative estimate of drug-likeness (QED) is 0.473. The van der Waals surface area contributed by atoms with Crippen LogP contribution >= 0.6 is 0 Å². The lowest BCUT2D eigenvalue weighted by Crippen LogP contribution is -2.60. The van der Waals surface area contributed by atoms with Crippen LogP contribution in [-0.2, 0) is 17.5 Å². The van der Waals surface area contributed by atoms with Crippen LogP contribution in [0.2, 0.25) is 0 Å². The van der Waals surface area contributed by atoms with E-state index in [0.717, 1.165) is 12.1 Å². The number of nitrogens with one attached hydrogen (secondary N) is 1. The number of benzene rings is 2. The summed E-state index contributed by atoms with van der Waals surface area (Å²) < 4.78 is 49.0. The molecule has 2 aromatic carbocycles. The minimum Gasteiger partial charge on any atom is -0.460 e. The molecule has 5 N–H and O–H groups in total. The molecule has 7 nitrogen and oxygen atoms in total. The molecule has 0 unspecified atom stereocenters. The largest absolute Gasteiger partial charge is 0.460 e. The van der Waals surface area contributed by atoms with Crippen LogP contribution < -0.4 is 10.1 Å². The van der Waals surface area contributed by atoms with Crippen LogP contribution in [0.3, 0.4) is 0 Å². The molecule has 0 bridgehead atoms. The first-order valence-electron chi connectivity index (χ1n) is 9.17. The third-order valence-corrected chi connectivity index (χ3v) is 4.74. The first-order valence-corrected chi connectivity index (χ1v) is 9.17. The van der Waals surface area contributed by atoms with Gasteiger partial charge in [0.1, 0.15) is 30.2 Å². The predicted molar refractivity (Wildman–Crippen MR) is 99.6 cm³/mol. The summed E-state index contributed by atoms with van der Waals surface area (Å²) in [4.78, 5) is 0. The molecule has 164 valence electrons. The lowest BCUT2D eigenvalue weighted by Gasteiger charge is -2.39. The smallest absolute Gasteiger partial charge is 0.416 e. The summed E-state index contributed by atoms with van der Waals surface area (Å²) in [5.74, 6) is 0.244. The van der Waals surface area contributed by atoms with E-state index in [1.54, 1.807) is 24.3 Å². The zero-order valence-electron chi connectivity index (χ0n) is 15.7. The van der Waals surface area contributed by atoms with Crippen LogP contribution in [0, 0.1) is 0 Å². The van der Waals surface area contributed by atoms with E-state index in [9.17, 15) is 33.6 Å². The monoisotopic (exact) mass is 429 g/mol. The van der Waals surface area contributed by atoms with Gasteiger partial charge in [0, 0.05) is 6.54 Å². The fourth-order valence-corrected chi connectivity index (χ4v) is 3.01. The van der Waals surface area contributed by atoms with Crippen LogP contribution in [0.4, 0.5) is 18.9 Å². The summed E-state index contributed by atoms with van der Waals surface area (Å²) >= 11 is 0. The molecule has 1 aliphatic rings. The third-order valence-electron chi connectivity index (χ3n) is 4.74. The number of hydrogen-bond acceptors (Lipinski definition) is 7. The van der Waals surface area contributed by atoms with Gasteiger partial charge in [0.05, 0.1) is 17.9 Å². The standard InChI is InChI=1S/C20H22F3NO6/c21-20(22,23)12-7-5-11(6-8-12)9-24-13-3-1-2-4-14(13)29-19-18(28)17(27)16(26)15(10-25)30-19/h1-8,15-19,24-28H,9-10H2/t15-,16-,17+,18-,19-/m1/s1. The van der Waals surface area contributed by atoms with Crippen LogP contribution in [0.5, 0.6) is 5.75 Å². The summed E-state index contributed by atoms with van der Waals surface area (Å²) in [6, 6.07) is 11.3.